The van der Waals surface area contributed by atoms with Crippen molar-refractivity contribution < 1.29 is 9.25 Å². The van der Waals surface area contributed by atoms with Crippen LogP contribution in [0.2, 0.25) is 0 Å². The van der Waals surface area contributed by atoms with Crippen molar-refractivity contribution in [1.82, 2.24) is 0 Å². The molecule has 0 spiro atoms. The Morgan fingerprint density at radius 3 is 2.58 bits per heavy atom. The average molecular weight is 167 g/mol. The Hall–Kier alpha value is -1.25. The maximum absolute atomic E-state index is 5.42. The van der Waals surface area contributed by atoms with Gasteiger partial charge in [-0.3, -0.25) is 0 Å². The molecule has 0 aliphatic carbocycles. The first-order valence-corrected chi connectivity index (χ1v) is 3.80. The smallest absolute Gasteiger partial charge is 0.151 e. The zero-order valence-electron chi connectivity index (χ0n) is 7.84. The number of hydrogen-bond acceptors (Lipinski definition) is 3. The van der Waals surface area contributed by atoms with Crippen molar-refractivity contribution in [1.29, 1.82) is 0 Å². The quantitative estimate of drug-likeness (QED) is 0.500. The maximum Gasteiger partial charge on any atom is 0.151 e. The van der Waals surface area contributed by atoms with Gasteiger partial charge in [-0.15, -0.1) is 0 Å². The molecule has 66 valence electrons. The standard InChI is InChI=1S/C9H13NO2/c1-6-5-9(12-8(6)3)7(2)10-11-4/h5H,1-4H3/b10-7-. The number of hydrogen-bond donors (Lipinski definition) is 0. The third kappa shape index (κ3) is 1.67. The van der Waals surface area contributed by atoms with E-state index in [-0.39, 0.29) is 0 Å². The number of oxime groups is 1. The summed E-state index contributed by atoms with van der Waals surface area (Å²) in [5.74, 6) is 1.70. The predicted octanol–water partition coefficient (Wildman–Crippen LogP) is 2.27. The number of aryl methyl sites for hydroxylation is 2. The van der Waals surface area contributed by atoms with Gasteiger partial charge in [0, 0.05) is 0 Å². The molecule has 3 nitrogen and oxygen atoms in total. The molecule has 0 atom stereocenters. The summed E-state index contributed by atoms with van der Waals surface area (Å²) in [6, 6.07) is 1.95. The Morgan fingerprint density at radius 1 is 1.50 bits per heavy atom. The maximum atomic E-state index is 5.42. The fourth-order valence-corrected chi connectivity index (χ4v) is 0.933. The Balaban J connectivity index is 2.96. The Labute approximate surface area is 72.0 Å². The van der Waals surface area contributed by atoms with E-state index in [0.29, 0.717) is 0 Å². The molecule has 0 radical (unpaired) electrons. The molecule has 3 heteroatoms. The third-order valence-electron chi connectivity index (χ3n) is 1.75. The number of nitrogens with zero attached hydrogens (tertiary/aromatic N) is 1. The highest BCUT2D eigenvalue weighted by Gasteiger charge is 2.05. The minimum Gasteiger partial charge on any atom is -0.460 e. The molecule has 12 heavy (non-hydrogen) atoms. The highest BCUT2D eigenvalue weighted by atomic mass is 16.6. The van der Waals surface area contributed by atoms with Crippen molar-refractivity contribution in [3.05, 3.63) is 23.2 Å². The number of furan rings is 1. The van der Waals surface area contributed by atoms with Crippen molar-refractivity contribution in [3.8, 4) is 0 Å². The second-order valence-corrected chi connectivity index (χ2v) is 2.71. The summed E-state index contributed by atoms with van der Waals surface area (Å²) >= 11 is 0. The lowest BCUT2D eigenvalue weighted by molar-refractivity contribution is 0.213. The fraction of sp³-hybridized carbons (Fsp3) is 0.444. The SMILES string of the molecule is CO/N=C(/C)c1cc(C)c(C)o1. The molecular formula is C9H13NO2. The van der Waals surface area contributed by atoms with Crippen molar-refractivity contribution in [2.75, 3.05) is 7.11 Å². The minimum atomic E-state index is 0.758. The Kier molecular flexibility index (Phi) is 2.53. The molecule has 0 aromatic carbocycles. The molecule has 0 bridgehead atoms. The second kappa shape index (κ2) is 3.43. The van der Waals surface area contributed by atoms with Crippen LogP contribution >= 0.6 is 0 Å². The second-order valence-electron chi connectivity index (χ2n) is 2.71. The molecule has 1 aromatic rings. The largest absolute Gasteiger partial charge is 0.460 e. The molecule has 0 saturated carbocycles. The van der Waals surface area contributed by atoms with Gasteiger partial charge in [0.2, 0.25) is 0 Å². The summed E-state index contributed by atoms with van der Waals surface area (Å²) in [5.41, 5.74) is 1.89. The fourth-order valence-electron chi connectivity index (χ4n) is 0.933. The van der Waals surface area contributed by atoms with E-state index < -0.39 is 0 Å². The summed E-state index contributed by atoms with van der Waals surface area (Å²) in [6.07, 6.45) is 0. The molecule has 0 saturated heterocycles. The molecule has 1 heterocycles. The summed E-state index contributed by atoms with van der Waals surface area (Å²) in [6.45, 7) is 5.78. The Bertz CT molecular complexity index is 280. The van der Waals surface area contributed by atoms with Crippen LogP contribution in [0.3, 0.4) is 0 Å². The third-order valence-corrected chi connectivity index (χ3v) is 1.75. The summed E-state index contributed by atoms with van der Waals surface area (Å²) in [4.78, 5) is 4.64. The zero-order valence-corrected chi connectivity index (χ0v) is 7.84. The van der Waals surface area contributed by atoms with Gasteiger partial charge in [-0.2, -0.15) is 0 Å². The van der Waals surface area contributed by atoms with Crippen LogP contribution in [0.15, 0.2) is 15.6 Å². The van der Waals surface area contributed by atoms with Crippen LogP contribution in [0.25, 0.3) is 0 Å². The van der Waals surface area contributed by atoms with Crippen LogP contribution in [0.4, 0.5) is 0 Å². The van der Waals surface area contributed by atoms with Crippen LogP contribution in [0.5, 0.6) is 0 Å². The van der Waals surface area contributed by atoms with Crippen molar-refractivity contribution in [3.63, 3.8) is 0 Å². The lowest BCUT2D eigenvalue weighted by atomic mass is 10.2. The molecular weight excluding hydrogens is 154 g/mol. The van der Waals surface area contributed by atoms with E-state index in [1.807, 2.05) is 26.8 Å². The summed E-state index contributed by atoms with van der Waals surface area (Å²) < 4.78 is 5.42. The van der Waals surface area contributed by atoms with Gasteiger partial charge in [0.15, 0.2) is 5.76 Å². The van der Waals surface area contributed by atoms with Crippen molar-refractivity contribution >= 4 is 5.71 Å². The van der Waals surface area contributed by atoms with Crippen LogP contribution in [0.1, 0.15) is 24.0 Å². The van der Waals surface area contributed by atoms with E-state index in [2.05, 4.69) is 9.99 Å². The molecule has 0 aliphatic rings. The zero-order chi connectivity index (χ0) is 9.14. The Morgan fingerprint density at radius 2 is 2.17 bits per heavy atom. The van der Waals surface area contributed by atoms with E-state index in [1.165, 1.54) is 7.11 Å². The van der Waals surface area contributed by atoms with Gasteiger partial charge in [0.05, 0.1) is 0 Å². The molecule has 0 unspecified atom stereocenters. The van der Waals surface area contributed by atoms with Crippen molar-refractivity contribution in [2.24, 2.45) is 5.16 Å². The number of rotatable bonds is 2. The van der Waals surface area contributed by atoms with Gasteiger partial charge in [-0.05, 0) is 32.4 Å². The van der Waals surface area contributed by atoms with Gasteiger partial charge >= 0.3 is 0 Å². The topological polar surface area (TPSA) is 34.7 Å². The van der Waals surface area contributed by atoms with Gasteiger partial charge < -0.3 is 9.25 Å². The van der Waals surface area contributed by atoms with E-state index in [1.54, 1.807) is 0 Å². The van der Waals surface area contributed by atoms with Crippen molar-refractivity contribution in [2.45, 2.75) is 20.8 Å². The molecule has 0 fully saturated rings. The molecule has 0 aliphatic heterocycles. The highest BCUT2D eigenvalue weighted by Crippen LogP contribution is 2.13. The van der Waals surface area contributed by atoms with Gasteiger partial charge in [-0.25, -0.2) is 0 Å². The molecule has 1 aromatic heterocycles. The van der Waals surface area contributed by atoms with Gasteiger partial charge in [-0.1, -0.05) is 5.16 Å². The van der Waals surface area contributed by atoms with Crippen LogP contribution in [-0.2, 0) is 4.84 Å². The monoisotopic (exact) mass is 167 g/mol. The lowest BCUT2D eigenvalue weighted by Crippen LogP contribution is -1.91. The van der Waals surface area contributed by atoms with Crippen LogP contribution in [0, 0.1) is 13.8 Å². The average Bonchev–Trinajstić information content (AvgIpc) is 2.33. The molecule has 0 amide bonds. The van der Waals surface area contributed by atoms with Gasteiger partial charge in [0.1, 0.15) is 18.6 Å². The first-order chi connectivity index (χ1) is 5.65. The predicted molar refractivity (Wildman–Crippen MR) is 47.4 cm³/mol. The van der Waals surface area contributed by atoms with Gasteiger partial charge in [0.25, 0.3) is 0 Å². The summed E-state index contributed by atoms with van der Waals surface area (Å²) in [5, 5.41) is 3.77. The van der Waals surface area contributed by atoms with E-state index in [9.17, 15) is 0 Å². The summed E-state index contributed by atoms with van der Waals surface area (Å²) in [7, 11) is 1.52. The van der Waals surface area contributed by atoms with Crippen LogP contribution < -0.4 is 0 Å². The first kappa shape index (κ1) is 8.84. The van der Waals surface area contributed by atoms with E-state index in [0.717, 1.165) is 22.8 Å². The van der Waals surface area contributed by atoms with E-state index in [4.69, 9.17) is 4.42 Å². The lowest BCUT2D eigenvalue weighted by Gasteiger charge is -1.92. The van der Waals surface area contributed by atoms with E-state index >= 15 is 0 Å². The molecule has 1 rings (SSSR count). The minimum absolute atomic E-state index is 0.758. The highest BCUT2D eigenvalue weighted by molar-refractivity contribution is 5.96. The van der Waals surface area contributed by atoms with Crippen LogP contribution in [-0.4, -0.2) is 12.8 Å². The molecule has 0 N–H and O–H groups in total. The normalized spacial score (nSPS) is 11.8. The first-order valence-electron chi connectivity index (χ1n) is 3.80.